The maximum absolute atomic E-state index is 15.4. The number of pyridine rings is 2. The molecule has 52 heavy (non-hydrogen) atoms. The van der Waals surface area contributed by atoms with Crippen LogP contribution in [0.4, 0.5) is 25.1 Å². The second kappa shape index (κ2) is 15.6. The molecule has 0 saturated carbocycles. The van der Waals surface area contributed by atoms with Crippen LogP contribution in [0.5, 0.6) is 17.2 Å². The highest BCUT2D eigenvalue weighted by atomic mass is 19.1. The highest BCUT2D eigenvalue weighted by Crippen LogP contribution is 2.31. The van der Waals surface area contributed by atoms with Gasteiger partial charge in [-0.3, -0.25) is 19.0 Å². The first-order valence-electron chi connectivity index (χ1n) is 16.2. The van der Waals surface area contributed by atoms with E-state index in [-0.39, 0.29) is 72.7 Å². The first kappa shape index (κ1) is 36.8. The lowest BCUT2D eigenvalue weighted by Gasteiger charge is -2.34. The number of carbonyl (C=O) groups is 3. The molecule has 3 heterocycles. The molecule has 0 spiro atoms. The van der Waals surface area contributed by atoms with Crippen molar-refractivity contribution in [3.8, 4) is 34.8 Å². The number of hydrogen-bond donors (Lipinski definition) is 2. The van der Waals surface area contributed by atoms with Gasteiger partial charge in [-0.1, -0.05) is 0 Å². The fraction of sp³-hybridized carbons (Fsp3) is 0.270. The molecule has 0 unspecified atom stereocenters. The third-order valence-corrected chi connectivity index (χ3v) is 7.55. The number of nitrogen functional groups attached to an aromatic ring is 1. The fourth-order valence-corrected chi connectivity index (χ4v) is 5.07. The average molecular weight is 715 g/mol. The SMILES string of the molecule is CCOc1ccn(-c2ccc(F)cc2)c(=O)c1C(=O)Nc1ccc(Oc2ccnc(N)c2C#CC(=O)N2CCN(C(=O)OC(C)(C)C)CC2)c(F)c1. The molecule has 3 N–H and O–H groups in total. The number of anilines is 2. The van der Waals surface area contributed by atoms with E-state index in [4.69, 9.17) is 19.9 Å². The van der Waals surface area contributed by atoms with Gasteiger partial charge in [0.25, 0.3) is 17.4 Å². The number of piperazine rings is 1. The molecule has 1 aliphatic heterocycles. The summed E-state index contributed by atoms with van der Waals surface area (Å²) < 4.78 is 46.7. The molecule has 0 atom stereocenters. The number of hydrogen-bond acceptors (Lipinski definition) is 9. The van der Waals surface area contributed by atoms with Gasteiger partial charge in [-0.25, -0.2) is 18.6 Å². The summed E-state index contributed by atoms with van der Waals surface area (Å²) in [4.78, 5) is 59.0. The van der Waals surface area contributed by atoms with Crippen molar-refractivity contribution in [1.82, 2.24) is 19.4 Å². The Balaban J connectivity index is 1.30. The van der Waals surface area contributed by atoms with Crippen molar-refractivity contribution in [2.75, 3.05) is 43.8 Å². The van der Waals surface area contributed by atoms with Crippen LogP contribution in [0.25, 0.3) is 5.69 Å². The van der Waals surface area contributed by atoms with Gasteiger partial charge in [0.05, 0.1) is 6.61 Å². The fourth-order valence-electron chi connectivity index (χ4n) is 5.07. The third-order valence-electron chi connectivity index (χ3n) is 7.55. The highest BCUT2D eigenvalue weighted by Gasteiger charge is 2.27. The van der Waals surface area contributed by atoms with E-state index in [1.54, 1.807) is 27.7 Å². The number of amides is 3. The summed E-state index contributed by atoms with van der Waals surface area (Å²) in [6.45, 7) is 8.20. The van der Waals surface area contributed by atoms with Gasteiger partial charge in [-0.05, 0) is 76.1 Å². The number of nitrogens with zero attached hydrogens (tertiary/aromatic N) is 4. The molecule has 0 radical (unpaired) electrons. The molecule has 2 aromatic heterocycles. The number of rotatable bonds is 7. The maximum atomic E-state index is 15.4. The monoisotopic (exact) mass is 714 g/mol. The van der Waals surface area contributed by atoms with Crippen LogP contribution in [0, 0.1) is 23.5 Å². The second-order valence-electron chi connectivity index (χ2n) is 12.4. The lowest BCUT2D eigenvalue weighted by atomic mass is 10.2. The van der Waals surface area contributed by atoms with E-state index >= 15 is 4.39 Å². The molecule has 5 rings (SSSR count). The van der Waals surface area contributed by atoms with Crippen molar-refractivity contribution in [1.29, 1.82) is 0 Å². The summed E-state index contributed by atoms with van der Waals surface area (Å²) in [6, 6.07) is 11.6. The van der Waals surface area contributed by atoms with E-state index in [2.05, 4.69) is 22.1 Å². The number of carbonyl (C=O) groups excluding carboxylic acids is 3. The van der Waals surface area contributed by atoms with E-state index in [0.717, 1.165) is 10.6 Å². The number of nitrogens with two attached hydrogens (primary N) is 1. The summed E-state index contributed by atoms with van der Waals surface area (Å²) in [5, 5.41) is 2.51. The molecular weight excluding hydrogens is 678 g/mol. The van der Waals surface area contributed by atoms with Crippen molar-refractivity contribution in [2.24, 2.45) is 0 Å². The lowest BCUT2D eigenvalue weighted by molar-refractivity contribution is -0.126. The van der Waals surface area contributed by atoms with Crippen LogP contribution >= 0.6 is 0 Å². The Kier molecular flexibility index (Phi) is 11.1. The number of benzene rings is 2. The predicted octanol–water partition coefficient (Wildman–Crippen LogP) is 4.97. The first-order valence-corrected chi connectivity index (χ1v) is 16.2. The smallest absolute Gasteiger partial charge is 0.410 e. The Labute approximate surface area is 297 Å². The minimum absolute atomic E-state index is 0.000466. The molecule has 0 aliphatic carbocycles. The summed E-state index contributed by atoms with van der Waals surface area (Å²) in [7, 11) is 0. The van der Waals surface area contributed by atoms with Crippen molar-refractivity contribution in [3.05, 3.63) is 100 Å². The lowest BCUT2D eigenvalue weighted by Crippen LogP contribution is -2.51. The number of nitrogens with one attached hydrogen (secondary N) is 1. The number of halogens is 2. The van der Waals surface area contributed by atoms with Crippen molar-refractivity contribution in [2.45, 2.75) is 33.3 Å². The van der Waals surface area contributed by atoms with Gasteiger partial charge in [0.15, 0.2) is 11.6 Å². The highest BCUT2D eigenvalue weighted by molar-refractivity contribution is 6.06. The van der Waals surface area contributed by atoms with Gasteiger partial charge in [-0.15, -0.1) is 0 Å². The first-order chi connectivity index (χ1) is 24.7. The van der Waals surface area contributed by atoms with Gasteiger partial charge in [0.1, 0.15) is 39.9 Å². The Bertz CT molecular complexity index is 2110. The number of aromatic nitrogens is 2. The van der Waals surface area contributed by atoms with E-state index in [0.29, 0.717) is 5.69 Å². The molecule has 1 saturated heterocycles. The van der Waals surface area contributed by atoms with Gasteiger partial charge in [-0.2, -0.15) is 0 Å². The van der Waals surface area contributed by atoms with E-state index < -0.39 is 40.7 Å². The molecule has 4 aromatic rings. The Morgan fingerprint density at radius 2 is 1.63 bits per heavy atom. The molecule has 3 amide bonds. The third kappa shape index (κ3) is 8.83. The molecule has 0 bridgehead atoms. The molecular formula is C37H36F2N6O7. The quantitative estimate of drug-likeness (QED) is 0.252. The van der Waals surface area contributed by atoms with Crippen LogP contribution < -0.4 is 26.1 Å². The largest absolute Gasteiger partial charge is 0.493 e. The van der Waals surface area contributed by atoms with Crippen LogP contribution in [0.1, 0.15) is 43.6 Å². The second-order valence-corrected chi connectivity index (χ2v) is 12.4. The van der Waals surface area contributed by atoms with Crippen LogP contribution in [0.2, 0.25) is 0 Å². The Hall–Kier alpha value is -6.43. The Morgan fingerprint density at radius 1 is 0.942 bits per heavy atom. The average Bonchev–Trinajstić information content (AvgIpc) is 3.09. The van der Waals surface area contributed by atoms with Crippen LogP contribution in [-0.4, -0.2) is 75.6 Å². The van der Waals surface area contributed by atoms with Crippen LogP contribution in [0.15, 0.2) is 71.8 Å². The minimum Gasteiger partial charge on any atom is -0.493 e. The summed E-state index contributed by atoms with van der Waals surface area (Å²) in [5.74, 6) is 2.15. The molecule has 270 valence electrons. The topological polar surface area (TPSA) is 158 Å². The van der Waals surface area contributed by atoms with Crippen molar-refractivity contribution < 1.29 is 37.4 Å². The van der Waals surface area contributed by atoms with Crippen LogP contribution in [-0.2, 0) is 9.53 Å². The predicted molar refractivity (Wildman–Crippen MR) is 188 cm³/mol. The van der Waals surface area contributed by atoms with Gasteiger partial charge >= 0.3 is 6.09 Å². The standard InChI is InChI=1S/C37H36F2N6O7/c1-5-50-30-15-17-45(25-9-6-23(38)7-10-25)35(48)32(30)34(47)42-24-8-12-29(27(39)22-24)51-28-14-16-41-33(40)26(28)11-13-31(46)43-18-20-44(21-19-43)36(49)52-37(2,3)4/h6-10,12,14-17,22H,5,18-21H2,1-4H3,(H2,40,41)(H,42,47). The summed E-state index contributed by atoms with van der Waals surface area (Å²) in [6.07, 6.45) is 2.27. The molecule has 13 nitrogen and oxygen atoms in total. The normalized spacial score (nSPS) is 12.7. The number of ether oxygens (including phenoxy) is 3. The zero-order valence-electron chi connectivity index (χ0n) is 28.9. The molecule has 2 aromatic carbocycles. The van der Waals surface area contributed by atoms with Crippen molar-refractivity contribution in [3.63, 3.8) is 0 Å². The van der Waals surface area contributed by atoms with Crippen LogP contribution in [0.3, 0.4) is 0 Å². The molecule has 15 heteroatoms. The maximum Gasteiger partial charge on any atom is 0.410 e. The molecule has 1 fully saturated rings. The minimum atomic E-state index is -0.882. The summed E-state index contributed by atoms with van der Waals surface area (Å²) >= 11 is 0. The Morgan fingerprint density at radius 3 is 2.29 bits per heavy atom. The summed E-state index contributed by atoms with van der Waals surface area (Å²) in [5.41, 5.74) is 4.69. The van der Waals surface area contributed by atoms with Crippen molar-refractivity contribution >= 4 is 29.4 Å². The zero-order valence-corrected chi connectivity index (χ0v) is 28.9. The van der Waals surface area contributed by atoms with Gasteiger partial charge in [0, 0.05) is 68.0 Å². The zero-order chi connectivity index (χ0) is 37.6. The van der Waals surface area contributed by atoms with E-state index in [1.165, 1.54) is 70.7 Å². The van der Waals surface area contributed by atoms with E-state index in [1.807, 2.05) is 0 Å². The molecule has 1 aliphatic rings. The van der Waals surface area contributed by atoms with E-state index in [9.17, 15) is 23.6 Å². The van der Waals surface area contributed by atoms with Gasteiger partial charge in [0.2, 0.25) is 0 Å². The van der Waals surface area contributed by atoms with Gasteiger partial charge < -0.3 is 35.1 Å².